The highest BCUT2D eigenvalue weighted by Gasteiger charge is 2.12. The smallest absolute Gasteiger partial charge is 0.242 e. The van der Waals surface area contributed by atoms with Crippen molar-refractivity contribution in [1.29, 1.82) is 0 Å². The fourth-order valence-electron chi connectivity index (χ4n) is 1.40. The molecule has 0 radical (unpaired) electrons. The average Bonchev–Trinajstić information content (AvgIpc) is 2.35. The van der Waals surface area contributed by atoms with Crippen LogP contribution in [0.25, 0.3) is 0 Å². The summed E-state index contributed by atoms with van der Waals surface area (Å²) in [7, 11) is 0. The molecule has 1 aromatic rings. The number of hydrogen-bond donors (Lipinski definition) is 2. The van der Waals surface area contributed by atoms with Gasteiger partial charge in [-0.3, -0.25) is 9.59 Å². The van der Waals surface area contributed by atoms with Crippen LogP contribution in [0.1, 0.15) is 13.8 Å². The molecule has 1 rings (SSSR count). The molecule has 2 N–H and O–H groups in total. The van der Waals surface area contributed by atoms with Gasteiger partial charge < -0.3 is 15.4 Å². The van der Waals surface area contributed by atoms with Crippen LogP contribution in [0.5, 0.6) is 5.75 Å². The number of carbonyl (C=O) groups excluding carboxylic acids is 2. The molecule has 0 aliphatic carbocycles. The summed E-state index contributed by atoms with van der Waals surface area (Å²) in [6.07, 6.45) is 0. The molecule has 0 fully saturated rings. The van der Waals surface area contributed by atoms with Crippen molar-refractivity contribution < 1.29 is 18.7 Å². The van der Waals surface area contributed by atoms with Gasteiger partial charge in [0.2, 0.25) is 11.8 Å². The van der Waals surface area contributed by atoms with Gasteiger partial charge in [-0.1, -0.05) is 0 Å². The van der Waals surface area contributed by atoms with Gasteiger partial charge in [0.05, 0.1) is 6.54 Å². The minimum atomic E-state index is -0.580. The molecule has 0 bridgehead atoms. The first-order valence-electron chi connectivity index (χ1n) is 5.92. The number of carbonyl (C=O) groups is 2. The van der Waals surface area contributed by atoms with Crippen LogP contribution < -0.4 is 15.4 Å². The van der Waals surface area contributed by atoms with E-state index in [1.807, 2.05) is 0 Å². The third kappa shape index (κ3) is 5.85. The summed E-state index contributed by atoms with van der Waals surface area (Å²) in [5, 5.41) is 5.09. The van der Waals surface area contributed by atoms with Crippen molar-refractivity contribution in [1.82, 2.24) is 10.6 Å². The van der Waals surface area contributed by atoms with Gasteiger partial charge in [-0.15, -0.1) is 0 Å². The van der Waals surface area contributed by atoms with E-state index in [9.17, 15) is 14.0 Å². The first kappa shape index (κ1) is 14.9. The number of amides is 2. The molecule has 0 spiro atoms. The second-order valence-electron chi connectivity index (χ2n) is 4.02. The number of benzene rings is 1. The second kappa shape index (κ2) is 7.35. The molecular formula is C13H17FN2O3. The molecule has 19 heavy (non-hydrogen) atoms. The van der Waals surface area contributed by atoms with Crippen LogP contribution in [-0.4, -0.2) is 31.0 Å². The Morgan fingerprint density at radius 1 is 1.32 bits per heavy atom. The Balaban J connectivity index is 2.21. The largest absolute Gasteiger partial charge is 0.492 e. The molecule has 104 valence electrons. The highest BCUT2D eigenvalue weighted by Crippen LogP contribution is 2.10. The molecule has 0 saturated carbocycles. The Kier molecular flexibility index (Phi) is 5.78. The predicted molar refractivity (Wildman–Crippen MR) is 68.2 cm³/mol. The fourth-order valence-corrected chi connectivity index (χ4v) is 1.40. The van der Waals surface area contributed by atoms with E-state index in [0.717, 1.165) is 0 Å². The summed E-state index contributed by atoms with van der Waals surface area (Å²) in [5.41, 5.74) is 0. The minimum Gasteiger partial charge on any atom is -0.492 e. The van der Waals surface area contributed by atoms with E-state index in [4.69, 9.17) is 4.74 Å². The molecule has 2 amide bonds. The number of ether oxygens (including phenoxy) is 1. The van der Waals surface area contributed by atoms with E-state index in [0.29, 0.717) is 12.3 Å². The van der Waals surface area contributed by atoms with Gasteiger partial charge in [-0.2, -0.15) is 0 Å². The average molecular weight is 268 g/mol. The monoisotopic (exact) mass is 268 g/mol. The maximum atomic E-state index is 12.6. The maximum Gasteiger partial charge on any atom is 0.242 e. The Hall–Kier alpha value is -2.11. The lowest BCUT2D eigenvalue weighted by Gasteiger charge is -2.13. The summed E-state index contributed by atoms with van der Waals surface area (Å²) in [6, 6.07) is 5.04. The van der Waals surface area contributed by atoms with Crippen LogP contribution in [0.3, 0.4) is 0 Å². The van der Waals surface area contributed by atoms with Gasteiger partial charge in [0, 0.05) is 6.92 Å². The van der Waals surface area contributed by atoms with E-state index in [-0.39, 0.29) is 24.2 Å². The fraction of sp³-hybridized carbons (Fsp3) is 0.385. The first-order chi connectivity index (χ1) is 8.99. The zero-order valence-electron chi connectivity index (χ0n) is 10.9. The molecular weight excluding hydrogens is 251 g/mol. The van der Waals surface area contributed by atoms with Gasteiger partial charge in [-0.05, 0) is 31.2 Å². The number of hydrogen-bond acceptors (Lipinski definition) is 3. The van der Waals surface area contributed by atoms with E-state index in [1.165, 1.54) is 31.2 Å². The Bertz CT molecular complexity index is 434. The Labute approximate surface area is 111 Å². The maximum absolute atomic E-state index is 12.6. The molecule has 5 nitrogen and oxygen atoms in total. The molecule has 6 heteroatoms. The van der Waals surface area contributed by atoms with Crippen molar-refractivity contribution in [3.8, 4) is 5.75 Å². The van der Waals surface area contributed by atoms with Crippen LogP contribution in [-0.2, 0) is 9.59 Å². The topological polar surface area (TPSA) is 67.4 Å². The van der Waals surface area contributed by atoms with E-state index < -0.39 is 6.04 Å². The summed E-state index contributed by atoms with van der Waals surface area (Å²) in [4.78, 5) is 22.3. The minimum absolute atomic E-state index is 0.259. The van der Waals surface area contributed by atoms with Gasteiger partial charge in [0.1, 0.15) is 24.2 Å². The molecule has 0 aliphatic rings. The molecule has 0 heterocycles. The number of rotatable bonds is 6. The summed E-state index contributed by atoms with van der Waals surface area (Å²) in [6.45, 7) is 3.52. The third-order valence-corrected chi connectivity index (χ3v) is 2.30. The predicted octanol–water partition coefficient (Wildman–Crippen LogP) is 0.845. The highest BCUT2D eigenvalue weighted by atomic mass is 19.1. The molecule has 0 unspecified atom stereocenters. The van der Waals surface area contributed by atoms with Crippen LogP contribution in [0.15, 0.2) is 24.3 Å². The Morgan fingerprint density at radius 2 is 1.95 bits per heavy atom. The van der Waals surface area contributed by atoms with Crippen molar-refractivity contribution in [3.63, 3.8) is 0 Å². The van der Waals surface area contributed by atoms with Crippen LogP contribution in [0.2, 0.25) is 0 Å². The van der Waals surface area contributed by atoms with E-state index >= 15 is 0 Å². The molecule has 0 saturated heterocycles. The zero-order chi connectivity index (χ0) is 14.3. The quantitative estimate of drug-likeness (QED) is 0.751. The number of nitrogens with one attached hydrogen (secondary N) is 2. The summed E-state index contributed by atoms with van der Waals surface area (Å²) < 4.78 is 17.9. The molecule has 0 aliphatic heterocycles. The van der Waals surface area contributed by atoms with Gasteiger partial charge >= 0.3 is 0 Å². The van der Waals surface area contributed by atoms with Gasteiger partial charge in [0.25, 0.3) is 0 Å². The SMILES string of the molecule is CC(=O)N[C@@H](C)C(=O)NCCOc1ccc(F)cc1. The standard InChI is InChI=1S/C13H17FN2O3/c1-9(16-10(2)17)13(18)15-7-8-19-12-5-3-11(14)4-6-12/h3-6,9H,7-8H2,1-2H3,(H,15,18)(H,16,17)/t9-/m0/s1. The Morgan fingerprint density at radius 3 is 2.53 bits per heavy atom. The lowest BCUT2D eigenvalue weighted by molar-refractivity contribution is -0.127. The third-order valence-electron chi connectivity index (χ3n) is 2.30. The summed E-state index contributed by atoms with van der Waals surface area (Å²) in [5.74, 6) is -0.335. The van der Waals surface area contributed by atoms with Crippen molar-refractivity contribution in [2.24, 2.45) is 0 Å². The van der Waals surface area contributed by atoms with Gasteiger partial charge in [0.15, 0.2) is 0 Å². The van der Waals surface area contributed by atoms with Crippen molar-refractivity contribution in [2.75, 3.05) is 13.2 Å². The number of halogens is 1. The van der Waals surface area contributed by atoms with Crippen molar-refractivity contribution >= 4 is 11.8 Å². The van der Waals surface area contributed by atoms with Crippen LogP contribution in [0, 0.1) is 5.82 Å². The van der Waals surface area contributed by atoms with Gasteiger partial charge in [-0.25, -0.2) is 4.39 Å². The molecule has 1 aromatic carbocycles. The van der Waals surface area contributed by atoms with Crippen LogP contribution >= 0.6 is 0 Å². The molecule has 0 aromatic heterocycles. The van der Waals surface area contributed by atoms with E-state index in [2.05, 4.69) is 10.6 Å². The normalized spacial score (nSPS) is 11.5. The first-order valence-corrected chi connectivity index (χ1v) is 5.92. The summed E-state index contributed by atoms with van der Waals surface area (Å²) >= 11 is 0. The highest BCUT2D eigenvalue weighted by molar-refractivity contribution is 5.86. The zero-order valence-corrected chi connectivity index (χ0v) is 10.9. The van der Waals surface area contributed by atoms with Crippen molar-refractivity contribution in [3.05, 3.63) is 30.1 Å². The second-order valence-corrected chi connectivity index (χ2v) is 4.02. The lowest BCUT2D eigenvalue weighted by Crippen LogP contribution is -2.45. The van der Waals surface area contributed by atoms with E-state index in [1.54, 1.807) is 6.92 Å². The molecule has 1 atom stereocenters. The van der Waals surface area contributed by atoms with Crippen LogP contribution in [0.4, 0.5) is 4.39 Å². The van der Waals surface area contributed by atoms with Crippen molar-refractivity contribution in [2.45, 2.75) is 19.9 Å². The lowest BCUT2D eigenvalue weighted by atomic mass is 10.3.